The largest absolute Gasteiger partial charge is 0.397 e. The van der Waals surface area contributed by atoms with Crippen LogP contribution in [0.3, 0.4) is 0 Å². The molecule has 0 saturated heterocycles. The van der Waals surface area contributed by atoms with E-state index in [4.69, 9.17) is 10.8 Å². The molecule has 1 aromatic carbocycles. The lowest BCUT2D eigenvalue weighted by Crippen LogP contribution is -2.27. The molecule has 15 heavy (non-hydrogen) atoms. The van der Waals surface area contributed by atoms with Crippen LogP contribution in [0.1, 0.15) is 0 Å². The van der Waals surface area contributed by atoms with Gasteiger partial charge < -0.3 is 16.2 Å². The number of benzene rings is 1. The van der Waals surface area contributed by atoms with E-state index >= 15 is 0 Å². The van der Waals surface area contributed by atoms with Crippen molar-refractivity contribution in [2.24, 2.45) is 0 Å². The van der Waals surface area contributed by atoms with Gasteiger partial charge in [0.25, 0.3) is 6.43 Å². The first-order valence-corrected chi connectivity index (χ1v) is 4.26. The Morgan fingerprint density at radius 2 is 2.07 bits per heavy atom. The Morgan fingerprint density at radius 3 is 2.60 bits per heavy atom. The van der Waals surface area contributed by atoms with Gasteiger partial charge in [0, 0.05) is 6.54 Å². The van der Waals surface area contributed by atoms with E-state index in [9.17, 15) is 13.2 Å². The van der Waals surface area contributed by atoms with Gasteiger partial charge in [-0.25, -0.2) is 13.2 Å². The van der Waals surface area contributed by atoms with Gasteiger partial charge in [0.05, 0.1) is 11.4 Å². The second-order valence-electron chi connectivity index (χ2n) is 3.01. The van der Waals surface area contributed by atoms with Gasteiger partial charge in [-0.3, -0.25) is 0 Å². The standard InChI is InChI=1S/C9H11F3N2O/c10-5-1-2-7(6(13)3-5)14-4-8(15)9(11)12/h1-3,8-9,14-15H,4,13H2. The topological polar surface area (TPSA) is 58.3 Å². The van der Waals surface area contributed by atoms with E-state index in [1.807, 2.05) is 0 Å². The molecule has 0 aliphatic carbocycles. The quantitative estimate of drug-likeness (QED) is 0.673. The second-order valence-corrected chi connectivity index (χ2v) is 3.01. The fraction of sp³-hybridized carbons (Fsp3) is 0.333. The van der Waals surface area contributed by atoms with Crippen molar-refractivity contribution >= 4 is 11.4 Å². The molecule has 1 rings (SSSR count). The van der Waals surface area contributed by atoms with Gasteiger partial charge in [0.1, 0.15) is 11.9 Å². The van der Waals surface area contributed by atoms with Crippen molar-refractivity contribution in [2.45, 2.75) is 12.5 Å². The van der Waals surface area contributed by atoms with E-state index in [0.29, 0.717) is 5.69 Å². The molecule has 0 spiro atoms. The molecular formula is C9H11F3N2O. The maximum Gasteiger partial charge on any atom is 0.265 e. The molecule has 1 unspecified atom stereocenters. The van der Waals surface area contributed by atoms with Crippen LogP contribution in [0.15, 0.2) is 18.2 Å². The van der Waals surface area contributed by atoms with Crippen LogP contribution in [-0.4, -0.2) is 24.2 Å². The van der Waals surface area contributed by atoms with Crippen LogP contribution < -0.4 is 11.1 Å². The van der Waals surface area contributed by atoms with Crippen LogP contribution in [0, 0.1) is 5.82 Å². The number of aliphatic hydroxyl groups excluding tert-OH is 1. The van der Waals surface area contributed by atoms with Crippen molar-refractivity contribution in [3.63, 3.8) is 0 Å². The smallest absolute Gasteiger partial charge is 0.265 e. The van der Waals surface area contributed by atoms with Crippen LogP contribution in [0.25, 0.3) is 0 Å². The number of nitrogens with one attached hydrogen (secondary N) is 1. The van der Waals surface area contributed by atoms with Crippen molar-refractivity contribution in [3.8, 4) is 0 Å². The van der Waals surface area contributed by atoms with Gasteiger partial charge in [0.2, 0.25) is 0 Å². The van der Waals surface area contributed by atoms with E-state index in [1.54, 1.807) is 0 Å². The summed E-state index contributed by atoms with van der Waals surface area (Å²) in [4.78, 5) is 0. The molecule has 84 valence electrons. The molecule has 0 radical (unpaired) electrons. The highest BCUT2D eigenvalue weighted by Gasteiger charge is 2.16. The van der Waals surface area contributed by atoms with E-state index in [1.165, 1.54) is 6.07 Å². The molecule has 6 heteroatoms. The minimum atomic E-state index is -2.82. The van der Waals surface area contributed by atoms with E-state index in [0.717, 1.165) is 12.1 Å². The number of alkyl halides is 2. The van der Waals surface area contributed by atoms with E-state index < -0.39 is 18.3 Å². The summed E-state index contributed by atoms with van der Waals surface area (Å²) in [7, 11) is 0. The zero-order valence-electron chi connectivity index (χ0n) is 7.75. The van der Waals surface area contributed by atoms with Crippen LogP contribution in [0.4, 0.5) is 24.5 Å². The average Bonchev–Trinajstić information content (AvgIpc) is 2.15. The fourth-order valence-corrected chi connectivity index (χ4v) is 0.998. The molecule has 3 nitrogen and oxygen atoms in total. The molecule has 1 aromatic rings. The highest BCUT2D eigenvalue weighted by Crippen LogP contribution is 2.19. The Bertz CT molecular complexity index is 333. The number of rotatable bonds is 4. The first kappa shape index (κ1) is 11.6. The Labute approximate surface area is 84.7 Å². The molecule has 0 saturated carbocycles. The summed E-state index contributed by atoms with van der Waals surface area (Å²) >= 11 is 0. The Kier molecular flexibility index (Phi) is 3.79. The number of anilines is 2. The van der Waals surface area contributed by atoms with Crippen molar-refractivity contribution in [3.05, 3.63) is 24.0 Å². The van der Waals surface area contributed by atoms with Crippen LogP contribution in [0.5, 0.6) is 0 Å². The second kappa shape index (κ2) is 4.88. The molecule has 0 aliphatic heterocycles. The van der Waals surface area contributed by atoms with E-state index in [-0.39, 0.29) is 12.2 Å². The van der Waals surface area contributed by atoms with Crippen LogP contribution in [-0.2, 0) is 0 Å². The molecule has 0 aromatic heterocycles. The molecule has 1 atom stereocenters. The van der Waals surface area contributed by atoms with Gasteiger partial charge in [-0.05, 0) is 18.2 Å². The minimum Gasteiger partial charge on any atom is -0.397 e. The Hall–Kier alpha value is -1.43. The van der Waals surface area contributed by atoms with Gasteiger partial charge >= 0.3 is 0 Å². The number of hydrogen-bond acceptors (Lipinski definition) is 3. The zero-order chi connectivity index (χ0) is 11.4. The maximum absolute atomic E-state index is 12.6. The van der Waals surface area contributed by atoms with E-state index in [2.05, 4.69) is 5.32 Å². The SMILES string of the molecule is Nc1cc(F)ccc1NCC(O)C(F)F. The Balaban J connectivity index is 2.58. The molecule has 0 fully saturated rings. The summed E-state index contributed by atoms with van der Waals surface area (Å²) in [5.74, 6) is -0.507. The highest BCUT2D eigenvalue weighted by atomic mass is 19.3. The third kappa shape index (κ3) is 3.32. The lowest BCUT2D eigenvalue weighted by Gasteiger charge is -2.13. The third-order valence-corrected chi connectivity index (χ3v) is 1.81. The molecule has 4 N–H and O–H groups in total. The third-order valence-electron chi connectivity index (χ3n) is 1.81. The number of nitrogens with two attached hydrogens (primary N) is 1. The minimum absolute atomic E-state index is 0.108. The first-order valence-electron chi connectivity index (χ1n) is 4.26. The summed E-state index contributed by atoms with van der Waals surface area (Å²) in [6.45, 7) is -0.340. The van der Waals surface area contributed by atoms with Crippen LogP contribution >= 0.6 is 0 Å². The Morgan fingerprint density at radius 1 is 1.40 bits per heavy atom. The first-order chi connectivity index (χ1) is 7.00. The van der Waals surface area contributed by atoms with Crippen molar-refractivity contribution in [2.75, 3.05) is 17.6 Å². The summed E-state index contributed by atoms with van der Waals surface area (Å²) < 4.78 is 36.4. The molecular weight excluding hydrogens is 209 g/mol. The molecule has 0 bridgehead atoms. The number of hydrogen-bond donors (Lipinski definition) is 3. The molecule has 0 heterocycles. The number of nitrogen functional groups attached to an aromatic ring is 1. The average molecular weight is 220 g/mol. The monoisotopic (exact) mass is 220 g/mol. The number of halogens is 3. The molecule has 0 aliphatic rings. The summed E-state index contributed by atoms with van der Waals surface area (Å²) in [5.41, 5.74) is 5.84. The lowest BCUT2D eigenvalue weighted by molar-refractivity contribution is 0.00385. The predicted molar refractivity (Wildman–Crippen MR) is 51.3 cm³/mol. The van der Waals surface area contributed by atoms with Gasteiger partial charge in [-0.15, -0.1) is 0 Å². The summed E-state index contributed by atoms with van der Waals surface area (Å²) in [6, 6.07) is 3.54. The normalized spacial score (nSPS) is 12.9. The maximum atomic E-state index is 12.6. The summed E-state index contributed by atoms with van der Waals surface area (Å²) in [5, 5.41) is 11.3. The van der Waals surface area contributed by atoms with Crippen LogP contribution in [0.2, 0.25) is 0 Å². The summed E-state index contributed by atoms with van der Waals surface area (Å²) in [6.07, 6.45) is -4.59. The van der Waals surface area contributed by atoms with Crippen molar-refractivity contribution < 1.29 is 18.3 Å². The highest BCUT2D eigenvalue weighted by molar-refractivity contribution is 5.65. The van der Waals surface area contributed by atoms with Crippen molar-refractivity contribution in [1.82, 2.24) is 0 Å². The van der Waals surface area contributed by atoms with Gasteiger partial charge in [-0.1, -0.05) is 0 Å². The fourth-order valence-electron chi connectivity index (χ4n) is 0.998. The zero-order valence-corrected chi connectivity index (χ0v) is 7.75. The number of aliphatic hydroxyl groups is 1. The van der Waals surface area contributed by atoms with Gasteiger partial charge in [-0.2, -0.15) is 0 Å². The predicted octanol–water partition coefficient (Wildman–Crippen LogP) is 1.45. The molecule has 0 amide bonds. The van der Waals surface area contributed by atoms with Gasteiger partial charge in [0.15, 0.2) is 0 Å². The lowest BCUT2D eigenvalue weighted by atomic mass is 10.2. The van der Waals surface area contributed by atoms with Crippen molar-refractivity contribution in [1.29, 1.82) is 0 Å².